The van der Waals surface area contributed by atoms with Gasteiger partial charge in [0.15, 0.2) is 0 Å². The van der Waals surface area contributed by atoms with Crippen molar-refractivity contribution in [2.24, 2.45) is 5.92 Å². The highest BCUT2D eigenvalue weighted by molar-refractivity contribution is 6.40. The second kappa shape index (κ2) is 8.44. The molecule has 6 N–H and O–H groups in total. The molecule has 10 nitrogen and oxygen atoms in total. The third-order valence-electron chi connectivity index (χ3n) is 6.71. The molecule has 1 aliphatic heterocycles. The lowest BCUT2D eigenvalue weighted by Gasteiger charge is -2.38. The van der Waals surface area contributed by atoms with E-state index in [-0.39, 0.29) is 34.7 Å². The molecule has 1 saturated carbocycles. The number of anilines is 3. The van der Waals surface area contributed by atoms with Crippen molar-refractivity contribution in [2.75, 3.05) is 23.3 Å². The number of benzene rings is 1. The molecule has 2 aromatic heterocycles. The van der Waals surface area contributed by atoms with Gasteiger partial charge in [-0.25, -0.2) is 4.98 Å². The first-order valence-corrected chi connectivity index (χ1v) is 11.5. The highest BCUT2D eigenvalue weighted by Gasteiger charge is 2.35. The normalized spacial score (nSPS) is 20.3. The quantitative estimate of drug-likeness (QED) is 0.346. The van der Waals surface area contributed by atoms with Gasteiger partial charge in [0.1, 0.15) is 5.82 Å². The standard InChI is InChI=1S/C24H28N8O2/c1-13-2-7-20(14-3-4-15-12-32(16-5-6-16)30-18(15)8-14)31(11-13)24(34)23(33)29-19-10-28-22(27)17(9-25)21(19)26/h3-4,8-10,12-13,16,20,25H,2,5-7,11H2,1H3,(H,29,33)(H4,26,27,28)/t13-,20+/m0/s1. The fourth-order valence-corrected chi connectivity index (χ4v) is 4.62. The van der Waals surface area contributed by atoms with Crippen molar-refractivity contribution < 1.29 is 9.59 Å². The van der Waals surface area contributed by atoms with Gasteiger partial charge in [-0.15, -0.1) is 0 Å². The first-order valence-electron chi connectivity index (χ1n) is 11.5. The number of carbonyl (C=O) groups excluding carboxylic acids is 2. The van der Waals surface area contributed by atoms with Crippen molar-refractivity contribution in [3.8, 4) is 0 Å². The first-order chi connectivity index (χ1) is 16.4. The molecule has 1 aliphatic carbocycles. The van der Waals surface area contributed by atoms with Crippen LogP contribution in [0, 0.1) is 11.3 Å². The fourth-order valence-electron chi connectivity index (χ4n) is 4.62. The average molecular weight is 461 g/mol. The molecule has 0 spiro atoms. The van der Waals surface area contributed by atoms with Crippen molar-refractivity contribution in [1.82, 2.24) is 19.7 Å². The van der Waals surface area contributed by atoms with E-state index in [1.165, 1.54) is 6.20 Å². The van der Waals surface area contributed by atoms with Gasteiger partial charge >= 0.3 is 11.8 Å². The molecule has 1 saturated heterocycles. The van der Waals surface area contributed by atoms with E-state index in [0.717, 1.165) is 48.4 Å². The maximum atomic E-state index is 13.3. The lowest BCUT2D eigenvalue weighted by Crippen LogP contribution is -2.46. The van der Waals surface area contributed by atoms with Crippen LogP contribution >= 0.6 is 0 Å². The van der Waals surface area contributed by atoms with E-state index in [1.54, 1.807) is 4.90 Å². The number of carbonyl (C=O) groups is 2. The molecule has 2 aliphatic rings. The number of nitrogen functional groups attached to an aromatic ring is 2. The van der Waals surface area contributed by atoms with Gasteiger partial charge in [0.05, 0.1) is 40.7 Å². The van der Waals surface area contributed by atoms with Gasteiger partial charge in [-0.2, -0.15) is 5.10 Å². The van der Waals surface area contributed by atoms with Crippen LogP contribution in [0.25, 0.3) is 10.9 Å². The van der Waals surface area contributed by atoms with Gasteiger partial charge in [0.2, 0.25) is 0 Å². The van der Waals surface area contributed by atoms with E-state index in [0.29, 0.717) is 12.6 Å². The van der Waals surface area contributed by atoms with Crippen LogP contribution in [0.3, 0.4) is 0 Å². The van der Waals surface area contributed by atoms with Gasteiger partial charge in [0, 0.05) is 24.3 Å². The van der Waals surface area contributed by atoms with E-state index in [4.69, 9.17) is 22.0 Å². The topological polar surface area (TPSA) is 156 Å². The summed E-state index contributed by atoms with van der Waals surface area (Å²) in [5, 5.41) is 15.8. The van der Waals surface area contributed by atoms with Crippen molar-refractivity contribution in [3.63, 3.8) is 0 Å². The molecule has 176 valence electrons. The number of nitrogens with two attached hydrogens (primary N) is 2. The molecule has 2 amide bonds. The molecule has 3 aromatic rings. The predicted molar refractivity (Wildman–Crippen MR) is 130 cm³/mol. The molecular weight excluding hydrogens is 432 g/mol. The number of amides is 2. The summed E-state index contributed by atoms with van der Waals surface area (Å²) < 4.78 is 2.03. The van der Waals surface area contributed by atoms with Crippen LogP contribution in [0.15, 0.2) is 30.6 Å². The summed E-state index contributed by atoms with van der Waals surface area (Å²) >= 11 is 0. The summed E-state index contributed by atoms with van der Waals surface area (Å²) in [6.07, 6.45) is 8.38. The number of nitrogens with one attached hydrogen (secondary N) is 2. The minimum absolute atomic E-state index is 0.0845. The number of hydrogen-bond donors (Lipinski definition) is 4. The zero-order chi connectivity index (χ0) is 24.0. The molecule has 2 fully saturated rings. The summed E-state index contributed by atoms with van der Waals surface area (Å²) in [5.74, 6) is -1.07. The summed E-state index contributed by atoms with van der Waals surface area (Å²) in [6, 6.07) is 6.38. The third-order valence-corrected chi connectivity index (χ3v) is 6.71. The maximum Gasteiger partial charge on any atom is 0.314 e. The fraction of sp³-hybridized carbons (Fsp3) is 0.375. The average Bonchev–Trinajstić information content (AvgIpc) is 3.59. The molecular formula is C24H28N8O2. The Morgan fingerprint density at radius 3 is 2.74 bits per heavy atom. The highest BCUT2D eigenvalue weighted by atomic mass is 16.2. The van der Waals surface area contributed by atoms with Crippen LogP contribution in [0.4, 0.5) is 17.2 Å². The van der Waals surface area contributed by atoms with Crippen LogP contribution in [0.1, 0.15) is 55.8 Å². The molecule has 0 unspecified atom stereocenters. The van der Waals surface area contributed by atoms with Gasteiger partial charge in [-0.05, 0) is 43.2 Å². The maximum absolute atomic E-state index is 13.3. The van der Waals surface area contributed by atoms with Gasteiger partial charge in [-0.1, -0.05) is 19.1 Å². The molecule has 34 heavy (non-hydrogen) atoms. The van der Waals surface area contributed by atoms with Crippen molar-refractivity contribution >= 4 is 46.1 Å². The Morgan fingerprint density at radius 1 is 1.21 bits per heavy atom. The second-order valence-electron chi connectivity index (χ2n) is 9.30. The molecule has 3 heterocycles. The van der Waals surface area contributed by atoms with Crippen molar-refractivity contribution in [2.45, 2.75) is 44.7 Å². The Balaban J connectivity index is 1.40. The number of hydrogen-bond acceptors (Lipinski definition) is 7. The summed E-state index contributed by atoms with van der Waals surface area (Å²) in [6.45, 7) is 2.56. The Morgan fingerprint density at radius 2 is 2.00 bits per heavy atom. The number of piperidine rings is 1. The van der Waals surface area contributed by atoms with E-state index >= 15 is 0 Å². The van der Waals surface area contributed by atoms with Crippen LogP contribution in [-0.4, -0.2) is 44.2 Å². The Bertz CT molecular complexity index is 1300. The molecule has 0 radical (unpaired) electrons. The molecule has 2 atom stereocenters. The Kier molecular flexibility index (Phi) is 5.43. The lowest BCUT2D eigenvalue weighted by molar-refractivity contribution is -0.146. The van der Waals surface area contributed by atoms with Crippen LogP contribution < -0.4 is 16.8 Å². The van der Waals surface area contributed by atoms with E-state index in [1.807, 2.05) is 22.9 Å². The zero-order valence-electron chi connectivity index (χ0n) is 19.0. The van der Waals surface area contributed by atoms with Gasteiger partial charge < -0.3 is 27.1 Å². The minimum atomic E-state index is -0.799. The van der Waals surface area contributed by atoms with Crippen LogP contribution in [0.2, 0.25) is 0 Å². The van der Waals surface area contributed by atoms with Crippen LogP contribution in [0.5, 0.6) is 0 Å². The van der Waals surface area contributed by atoms with Gasteiger partial charge in [0.25, 0.3) is 0 Å². The molecule has 5 rings (SSSR count). The smallest absolute Gasteiger partial charge is 0.314 e. The zero-order valence-corrected chi connectivity index (χ0v) is 19.0. The Labute approximate surface area is 196 Å². The highest BCUT2D eigenvalue weighted by Crippen LogP contribution is 2.37. The number of pyridine rings is 1. The van der Waals surface area contributed by atoms with E-state index in [9.17, 15) is 9.59 Å². The minimum Gasteiger partial charge on any atom is -0.396 e. The number of nitrogens with zero attached hydrogens (tertiary/aromatic N) is 4. The molecule has 1 aromatic carbocycles. The van der Waals surface area contributed by atoms with Crippen molar-refractivity contribution in [3.05, 3.63) is 41.7 Å². The summed E-state index contributed by atoms with van der Waals surface area (Å²) in [7, 11) is 0. The van der Waals surface area contributed by atoms with E-state index in [2.05, 4.69) is 23.4 Å². The second-order valence-corrected chi connectivity index (χ2v) is 9.30. The van der Waals surface area contributed by atoms with E-state index < -0.39 is 11.8 Å². The monoisotopic (exact) mass is 460 g/mol. The molecule has 10 heteroatoms. The van der Waals surface area contributed by atoms with Gasteiger partial charge in [-0.3, -0.25) is 14.3 Å². The van der Waals surface area contributed by atoms with Crippen molar-refractivity contribution in [1.29, 1.82) is 5.41 Å². The largest absolute Gasteiger partial charge is 0.396 e. The SMILES string of the molecule is C[C@H]1CC[C@H](c2ccc3cn(C4CC4)nc3c2)N(C(=O)C(=O)Nc2cnc(N)c(C=N)c2N)C1. The summed E-state index contributed by atoms with van der Waals surface area (Å²) in [5.41, 5.74) is 14.1. The number of likely N-dealkylation sites (tertiary alicyclic amines) is 1. The summed E-state index contributed by atoms with van der Waals surface area (Å²) in [4.78, 5) is 31.8. The van der Waals surface area contributed by atoms with Crippen LogP contribution in [-0.2, 0) is 9.59 Å². The third kappa shape index (κ3) is 3.95. The molecule has 0 bridgehead atoms. The lowest BCUT2D eigenvalue weighted by atomic mass is 9.89. The number of aromatic nitrogens is 3. The predicted octanol–water partition coefficient (Wildman–Crippen LogP) is 2.87. The number of rotatable bonds is 4. The first kappa shape index (κ1) is 21.9. The number of fused-ring (bicyclic) bond motifs is 1. The Hall–Kier alpha value is -3.95.